The second kappa shape index (κ2) is 4.76. The molecule has 100 valence electrons. The van der Waals surface area contributed by atoms with Crippen molar-refractivity contribution in [3.63, 3.8) is 0 Å². The van der Waals surface area contributed by atoms with Gasteiger partial charge in [0.15, 0.2) is 0 Å². The van der Waals surface area contributed by atoms with Gasteiger partial charge in [-0.15, -0.1) is 0 Å². The van der Waals surface area contributed by atoms with E-state index < -0.39 is 0 Å². The van der Waals surface area contributed by atoms with E-state index in [9.17, 15) is 4.79 Å². The lowest BCUT2D eigenvalue weighted by atomic mass is 10.1. The van der Waals surface area contributed by atoms with Gasteiger partial charge in [-0.3, -0.25) is 9.48 Å². The highest BCUT2D eigenvalue weighted by Crippen LogP contribution is 2.23. The zero-order chi connectivity index (χ0) is 14.2. The number of hydrogen-bond acceptors (Lipinski definition) is 3. The number of carbonyl (C=O) groups excluding carboxylic acids is 1. The molecule has 0 unspecified atom stereocenters. The Morgan fingerprint density at radius 1 is 1.26 bits per heavy atom. The number of nitrogens with one attached hydrogen (secondary N) is 1. The highest BCUT2D eigenvalue weighted by molar-refractivity contribution is 6.05. The smallest absolute Gasteiger partial charge is 0.259 e. The number of aromatic nitrogens is 2. The van der Waals surface area contributed by atoms with Crippen LogP contribution in [0.25, 0.3) is 0 Å². The molecular formula is C14H18N4O. The second-order valence-electron chi connectivity index (χ2n) is 4.75. The first-order chi connectivity index (χ1) is 8.90. The molecule has 0 aliphatic rings. The molecule has 2 aromatic rings. The molecule has 3 N–H and O–H groups in total. The first-order valence-electron chi connectivity index (χ1n) is 6.07. The molecule has 5 nitrogen and oxygen atoms in total. The fourth-order valence-electron chi connectivity index (χ4n) is 1.91. The molecule has 0 saturated heterocycles. The van der Waals surface area contributed by atoms with Crippen molar-refractivity contribution in [3.05, 3.63) is 40.7 Å². The van der Waals surface area contributed by atoms with E-state index in [4.69, 9.17) is 5.73 Å². The van der Waals surface area contributed by atoms with Gasteiger partial charge in [0, 0.05) is 24.1 Å². The molecule has 1 heterocycles. The van der Waals surface area contributed by atoms with Gasteiger partial charge in [0.2, 0.25) is 0 Å². The maximum atomic E-state index is 12.2. The van der Waals surface area contributed by atoms with Gasteiger partial charge >= 0.3 is 0 Å². The monoisotopic (exact) mass is 258 g/mol. The van der Waals surface area contributed by atoms with Crippen LogP contribution in [-0.4, -0.2) is 15.7 Å². The summed E-state index contributed by atoms with van der Waals surface area (Å²) in [4.78, 5) is 12.2. The number of nitrogens with zero attached hydrogens (tertiary/aromatic N) is 2. The van der Waals surface area contributed by atoms with Crippen molar-refractivity contribution in [1.29, 1.82) is 0 Å². The quantitative estimate of drug-likeness (QED) is 0.811. The average Bonchev–Trinajstić information content (AvgIpc) is 2.67. The third-order valence-electron chi connectivity index (χ3n) is 3.34. The van der Waals surface area contributed by atoms with Crippen molar-refractivity contribution in [2.45, 2.75) is 20.8 Å². The van der Waals surface area contributed by atoms with E-state index in [-0.39, 0.29) is 5.91 Å². The number of anilines is 2. The highest BCUT2D eigenvalue weighted by atomic mass is 16.1. The van der Waals surface area contributed by atoms with Crippen molar-refractivity contribution in [3.8, 4) is 0 Å². The fourth-order valence-corrected chi connectivity index (χ4v) is 1.91. The van der Waals surface area contributed by atoms with Crippen LogP contribution in [0, 0.1) is 20.8 Å². The van der Waals surface area contributed by atoms with Gasteiger partial charge in [0.25, 0.3) is 5.91 Å². The lowest BCUT2D eigenvalue weighted by Gasteiger charge is -2.11. The van der Waals surface area contributed by atoms with E-state index in [1.807, 2.05) is 26.8 Å². The summed E-state index contributed by atoms with van der Waals surface area (Å²) >= 11 is 0. The van der Waals surface area contributed by atoms with Crippen molar-refractivity contribution in [2.24, 2.45) is 7.05 Å². The van der Waals surface area contributed by atoms with Crippen molar-refractivity contribution in [1.82, 2.24) is 9.78 Å². The summed E-state index contributed by atoms with van der Waals surface area (Å²) in [5, 5.41) is 6.94. The molecule has 0 spiro atoms. The number of benzene rings is 1. The third kappa shape index (κ3) is 2.45. The minimum Gasteiger partial charge on any atom is -0.398 e. The molecule has 19 heavy (non-hydrogen) atoms. The summed E-state index contributed by atoms with van der Waals surface area (Å²) in [6.07, 6.45) is 1.57. The van der Waals surface area contributed by atoms with E-state index in [0.29, 0.717) is 11.3 Å². The Morgan fingerprint density at radius 3 is 2.53 bits per heavy atom. The largest absolute Gasteiger partial charge is 0.398 e. The Kier molecular flexibility index (Phi) is 3.29. The number of nitrogen functional groups attached to an aromatic ring is 1. The summed E-state index contributed by atoms with van der Waals surface area (Å²) in [7, 11) is 1.81. The molecule has 2 rings (SSSR count). The van der Waals surface area contributed by atoms with E-state index in [1.165, 1.54) is 0 Å². The van der Waals surface area contributed by atoms with Crippen LogP contribution in [-0.2, 0) is 7.05 Å². The summed E-state index contributed by atoms with van der Waals surface area (Å²) < 4.78 is 1.67. The maximum Gasteiger partial charge on any atom is 0.259 e. The summed E-state index contributed by atoms with van der Waals surface area (Å²) in [6, 6.07) is 3.75. The molecule has 1 aromatic carbocycles. The number of rotatable bonds is 2. The van der Waals surface area contributed by atoms with Crippen LogP contribution in [0.2, 0.25) is 0 Å². The van der Waals surface area contributed by atoms with E-state index in [2.05, 4.69) is 10.4 Å². The molecule has 0 radical (unpaired) electrons. The van der Waals surface area contributed by atoms with Gasteiger partial charge in [-0.2, -0.15) is 5.10 Å². The molecule has 0 atom stereocenters. The van der Waals surface area contributed by atoms with Crippen LogP contribution in [0.3, 0.4) is 0 Å². The topological polar surface area (TPSA) is 72.9 Å². The molecule has 0 fully saturated rings. The van der Waals surface area contributed by atoms with Crippen molar-refractivity contribution in [2.75, 3.05) is 11.1 Å². The molecule has 1 amide bonds. The minimum absolute atomic E-state index is 0.169. The molecule has 0 aliphatic heterocycles. The van der Waals surface area contributed by atoms with Crippen molar-refractivity contribution < 1.29 is 4.79 Å². The Hall–Kier alpha value is -2.30. The molecule has 0 aliphatic carbocycles. The molecule has 5 heteroatoms. The van der Waals surface area contributed by atoms with E-state index in [1.54, 1.807) is 24.0 Å². The number of amides is 1. The van der Waals surface area contributed by atoms with Gasteiger partial charge < -0.3 is 11.1 Å². The van der Waals surface area contributed by atoms with Crippen LogP contribution in [0.4, 0.5) is 11.4 Å². The number of hydrogen-bond donors (Lipinski definition) is 2. The first-order valence-corrected chi connectivity index (χ1v) is 6.07. The average molecular weight is 258 g/mol. The molecule has 0 bridgehead atoms. The maximum absolute atomic E-state index is 12.2. The predicted octanol–water partition coefficient (Wildman–Crippen LogP) is 2.18. The van der Waals surface area contributed by atoms with Crippen LogP contribution in [0.5, 0.6) is 0 Å². The van der Waals surface area contributed by atoms with Gasteiger partial charge in [-0.25, -0.2) is 0 Å². The summed E-state index contributed by atoms with van der Waals surface area (Å²) in [5.41, 5.74) is 10.7. The predicted molar refractivity (Wildman–Crippen MR) is 76.2 cm³/mol. The standard InChI is InChI=1S/C14H18N4O/c1-8-5-9(2)13(6-12(8)15)17-14(19)11-7-16-18(4)10(11)3/h5-7H,15H2,1-4H3,(H,17,19). The third-order valence-corrected chi connectivity index (χ3v) is 3.34. The summed E-state index contributed by atoms with van der Waals surface area (Å²) in [5.74, 6) is -0.169. The molecule has 1 aromatic heterocycles. The van der Waals surface area contributed by atoms with Gasteiger partial charge in [-0.1, -0.05) is 6.07 Å². The minimum atomic E-state index is -0.169. The summed E-state index contributed by atoms with van der Waals surface area (Å²) in [6.45, 7) is 5.75. The van der Waals surface area contributed by atoms with E-state index in [0.717, 1.165) is 22.5 Å². The number of aryl methyl sites for hydroxylation is 3. The Balaban J connectivity index is 2.29. The van der Waals surface area contributed by atoms with Gasteiger partial charge in [0.1, 0.15) is 0 Å². The van der Waals surface area contributed by atoms with Crippen LogP contribution < -0.4 is 11.1 Å². The Bertz CT molecular complexity index is 643. The second-order valence-corrected chi connectivity index (χ2v) is 4.75. The van der Waals surface area contributed by atoms with Gasteiger partial charge in [-0.05, 0) is 38.0 Å². The van der Waals surface area contributed by atoms with Crippen LogP contribution in [0.15, 0.2) is 18.3 Å². The number of carbonyl (C=O) groups is 1. The van der Waals surface area contributed by atoms with E-state index >= 15 is 0 Å². The molecule has 0 saturated carbocycles. The van der Waals surface area contributed by atoms with Crippen molar-refractivity contribution >= 4 is 17.3 Å². The lowest BCUT2D eigenvalue weighted by Crippen LogP contribution is -2.14. The normalized spacial score (nSPS) is 10.5. The zero-order valence-electron chi connectivity index (χ0n) is 11.6. The van der Waals surface area contributed by atoms with Crippen LogP contribution in [0.1, 0.15) is 27.2 Å². The Labute approximate surface area is 112 Å². The molecular weight excluding hydrogens is 240 g/mol. The number of nitrogens with two attached hydrogens (primary N) is 1. The van der Waals surface area contributed by atoms with Crippen LogP contribution >= 0.6 is 0 Å². The SMILES string of the molecule is Cc1cc(C)c(NC(=O)c2cnn(C)c2C)cc1N. The van der Waals surface area contributed by atoms with Gasteiger partial charge in [0.05, 0.1) is 11.8 Å². The fraction of sp³-hybridized carbons (Fsp3) is 0.286. The highest BCUT2D eigenvalue weighted by Gasteiger charge is 2.14. The lowest BCUT2D eigenvalue weighted by molar-refractivity contribution is 0.102. The first kappa shape index (κ1) is 13.1. The zero-order valence-corrected chi connectivity index (χ0v) is 11.6. The Morgan fingerprint density at radius 2 is 1.95 bits per heavy atom.